The van der Waals surface area contributed by atoms with Crippen LogP contribution in [0.1, 0.15) is 73.1 Å². The van der Waals surface area contributed by atoms with Crippen molar-refractivity contribution in [2.75, 3.05) is 26.3 Å². The van der Waals surface area contributed by atoms with Crippen molar-refractivity contribution in [3.63, 3.8) is 0 Å². The van der Waals surface area contributed by atoms with Gasteiger partial charge in [0.1, 0.15) is 0 Å². The lowest BCUT2D eigenvalue weighted by Crippen LogP contribution is -2.35. The maximum Gasteiger partial charge on any atom is 0.333 e. The highest BCUT2D eigenvalue weighted by atomic mass is 16.5. The summed E-state index contributed by atoms with van der Waals surface area (Å²) in [7, 11) is 0. The second kappa shape index (κ2) is 16.0. The van der Waals surface area contributed by atoms with Gasteiger partial charge in [0.15, 0.2) is 0 Å². The highest BCUT2D eigenvalue weighted by Crippen LogP contribution is 2.26. The molecule has 0 saturated heterocycles. The van der Waals surface area contributed by atoms with Gasteiger partial charge in [-0.15, -0.1) is 0 Å². The molecule has 33 heavy (non-hydrogen) atoms. The zero-order valence-corrected chi connectivity index (χ0v) is 21.0. The van der Waals surface area contributed by atoms with E-state index in [9.17, 15) is 19.2 Å². The first-order valence-electron chi connectivity index (χ1n) is 11.5. The summed E-state index contributed by atoms with van der Waals surface area (Å²) in [6, 6.07) is 0. The Bertz CT molecular complexity index is 699. The van der Waals surface area contributed by atoms with E-state index in [1.165, 1.54) is 0 Å². The van der Waals surface area contributed by atoms with Gasteiger partial charge in [-0.05, 0) is 50.9 Å². The summed E-state index contributed by atoms with van der Waals surface area (Å²) in [5, 5.41) is 5.85. The van der Waals surface area contributed by atoms with Gasteiger partial charge in [0.05, 0.1) is 13.2 Å². The van der Waals surface area contributed by atoms with Gasteiger partial charge in [0, 0.05) is 37.1 Å². The minimum absolute atomic E-state index is 0.0611. The van der Waals surface area contributed by atoms with Crippen LogP contribution in [0, 0.1) is 11.3 Å². The van der Waals surface area contributed by atoms with E-state index >= 15 is 0 Å². The van der Waals surface area contributed by atoms with Gasteiger partial charge in [-0.2, -0.15) is 0 Å². The minimum atomic E-state index is -0.439. The van der Waals surface area contributed by atoms with Gasteiger partial charge in [-0.1, -0.05) is 33.9 Å². The number of rotatable bonds is 17. The van der Waals surface area contributed by atoms with Gasteiger partial charge < -0.3 is 20.1 Å². The predicted molar refractivity (Wildman–Crippen MR) is 128 cm³/mol. The summed E-state index contributed by atoms with van der Waals surface area (Å²) in [6.07, 6.45) is 3.29. The van der Waals surface area contributed by atoms with Crippen molar-refractivity contribution in [1.29, 1.82) is 0 Å². The summed E-state index contributed by atoms with van der Waals surface area (Å²) in [5.74, 6) is -0.634. The second-order valence-electron chi connectivity index (χ2n) is 9.43. The van der Waals surface area contributed by atoms with Crippen molar-refractivity contribution >= 4 is 23.8 Å². The van der Waals surface area contributed by atoms with E-state index in [4.69, 9.17) is 9.47 Å². The Morgan fingerprint density at radius 2 is 1.30 bits per heavy atom. The highest BCUT2D eigenvalue weighted by molar-refractivity contribution is 5.87. The molecule has 2 amide bonds. The summed E-state index contributed by atoms with van der Waals surface area (Å²) >= 11 is 0. The summed E-state index contributed by atoms with van der Waals surface area (Å²) < 4.78 is 9.95. The fourth-order valence-electron chi connectivity index (χ4n) is 3.13. The van der Waals surface area contributed by atoms with E-state index in [2.05, 4.69) is 44.6 Å². The van der Waals surface area contributed by atoms with E-state index < -0.39 is 11.9 Å². The fraction of sp³-hybridized carbons (Fsp3) is 0.680. The smallest absolute Gasteiger partial charge is 0.333 e. The van der Waals surface area contributed by atoms with Gasteiger partial charge in [-0.25, -0.2) is 9.59 Å². The van der Waals surface area contributed by atoms with Crippen LogP contribution < -0.4 is 10.6 Å². The molecule has 0 aromatic carbocycles. The first kappa shape index (κ1) is 30.4. The van der Waals surface area contributed by atoms with Crippen molar-refractivity contribution in [2.45, 2.75) is 73.1 Å². The Morgan fingerprint density at radius 3 is 1.76 bits per heavy atom. The Labute approximate surface area is 198 Å². The van der Waals surface area contributed by atoms with E-state index in [1.54, 1.807) is 13.8 Å². The molecule has 0 aliphatic rings. The summed E-state index contributed by atoms with van der Waals surface area (Å²) in [6.45, 7) is 18.0. The second-order valence-corrected chi connectivity index (χ2v) is 9.43. The molecule has 0 bridgehead atoms. The van der Waals surface area contributed by atoms with Gasteiger partial charge in [0.25, 0.3) is 0 Å². The van der Waals surface area contributed by atoms with Crippen LogP contribution in [0.3, 0.4) is 0 Å². The average Bonchev–Trinajstić information content (AvgIpc) is 2.71. The van der Waals surface area contributed by atoms with Gasteiger partial charge >= 0.3 is 11.9 Å². The number of hydrogen-bond donors (Lipinski definition) is 2. The van der Waals surface area contributed by atoms with Crippen molar-refractivity contribution in [2.24, 2.45) is 11.3 Å². The number of ether oxygens (including phenoxy) is 2. The summed E-state index contributed by atoms with van der Waals surface area (Å²) in [5.41, 5.74) is 0.604. The van der Waals surface area contributed by atoms with Gasteiger partial charge in [0.2, 0.25) is 11.8 Å². The molecule has 0 aliphatic carbocycles. The normalized spacial score (nSPS) is 11.8. The Hall–Kier alpha value is -2.64. The maximum atomic E-state index is 12.0. The molecule has 0 saturated carbocycles. The molecule has 1 atom stereocenters. The van der Waals surface area contributed by atoms with Crippen LogP contribution in [-0.2, 0) is 28.7 Å². The molecule has 1 unspecified atom stereocenters. The monoisotopic (exact) mass is 466 g/mol. The Kier molecular flexibility index (Phi) is 14.8. The third-order valence-electron chi connectivity index (χ3n) is 4.88. The van der Waals surface area contributed by atoms with Crippen LogP contribution >= 0.6 is 0 Å². The highest BCUT2D eigenvalue weighted by Gasteiger charge is 2.22. The van der Waals surface area contributed by atoms with Gasteiger partial charge in [-0.3, -0.25) is 9.59 Å². The van der Waals surface area contributed by atoms with Crippen LogP contribution in [0.15, 0.2) is 24.3 Å². The van der Waals surface area contributed by atoms with E-state index in [0.717, 1.165) is 12.8 Å². The fourth-order valence-corrected chi connectivity index (χ4v) is 3.13. The van der Waals surface area contributed by atoms with Crippen LogP contribution in [0.5, 0.6) is 0 Å². The van der Waals surface area contributed by atoms with Crippen LogP contribution in [-0.4, -0.2) is 50.1 Å². The van der Waals surface area contributed by atoms with Crippen molar-refractivity contribution in [3.8, 4) is 0 Å². The molecule has 8 heteroatoms. The molecule has 0 radical (unpaired) electrons. The molecule has 0 aliphatic heterocycles. The van der Waals surface area contributed by atoms with Crippen LogP contribution in [0.2, 0.25) is 0 Å². The van der Waals surface area contributed by atoms with Crippen molar-refractivity contribution in [3.05, 3.63) is 24.3 Å². The van der Waals surface area contributed by atoms with E-state index in [0.29, 0.717) is 55.8 Å². The molecular weight excluding hydrogens is 424 g/mol. The lowest BCUT2D eigenvalue weighted by Gasteiger charge is -2.28. The Balaban J connectivity index is 3.96. The number of hydrogen-bond acceptors (Lipinski definition) is 6. The van der Waals surface area contributed by atoms with E-state index in [1.807, 2.05) is 0 Å². The molecule has 0 rings (SSSR count). The third-order valence-corrected chi connectivity index (χ3v) is 4.88. The molecule has 2 N–H and O–H groups in total. The first-order valence-corrected chi connectivity index (χ1v) is 11.5. The predicted octanol–water partition coefficient (Wildman–Crippen LogP) is 3.46. The molecule has 0 spiro atoms. The molecule has 0 aromatic rings. The lowest BCUT2D eigenvalue weighted by molar-refractivity contribution is -0.140. The number of nitrogens with one attached hydrogen (secondary N) is 2. The maximum absolute atomic E-state index is 12.0. The molecular formula is C25H42N2O6. The zero-order valence-electron chi connectivity index (χ0n) is 21.0. The third kappa shape index (κ3) is 16.6. The number of carbonyl (C=O) groups is 4. The molecule has 0 fully saturated rings. The minimum Gasteiger partial charge on any atom is -0.462 e. The van der Waals surface area contributed by atoms with Crippen LogP contribution in [0.4, 0.5) is 0 Å². The van der Waals surface area contributed by atoms with Crippen molar-refractivity contribution in [1.82, 2.24) is 10.6 Å². The molecule has 188 valence electrons. The SMILES string of the molecule is C=C(C)C(=O)OCCCC(=O)NCCC(C)CC(C)(C)CNC(=O)CCCOC(=O)C(=C)C. The number of carbonyl (C=O) groups excluding carboxylic acids is 4. The molecule has 0 heterocycles. The topological polar surface area (TPSA) is 111 Å². The van der Waals surface area contributed by atoms with Crippen LogP contribution in [0.25, 0.3) is 0 Å². The standard InChI is InChI=1S/C25H42N2O6/c1-18(2)23(30)32-14-8-10-21(28)26-13-12-20(5)16-25(6,7)17-27-22(29)11-9-15-33-24(31)19(3)4/h20H,1,3,8-17H2,2,4-7H3,(H,26,28)(H,27,29). The molecule has 8 nitrogen and oxygen atoms in total. The van der Waals surface area contributed by atoms with Crippen molar-refractivity contribution < 1.29 is 28.7 Å². The Morgan fingerprint density at radius 1 is 0.848 bits per heavy atom. The largest absolute Gasteiger partial charge is 0.462 e. The van der Waals surface area contributed by atoms with E-state index in [-0.39, 0.29) is 30.4 Å². The zero-order chi connectivity index (χ0) is 25.4. The lowest BCUT2D eigenvalue weighted by atomic mass is 9.82. The average molecular weight is 467 g/mol. The number of amides is 2. The molecule has 0 aromatic heterocycles. The number of esters is 2. The summed E-state index contributed by atoms with van der Waals surface area (Å²) in [4.78, 5) is 46.5. The first-order chi connectivity index (χ1) is 15.3. The quantitative estimate of drug-likeness (QED) is 0.193.